The number of halogens is 2. The second-order valence-electron chi connectivity index (χ2n) is 5.41. The third-order valence-electron chi connectivity index (χ3n) is 3.23. The van der Waals surface area contributed by atoms with E-state index in [9.17, 15) is 4.79 Å². The van der Waals surface area contributed by atoms with Gasteiger partial charge in [0, 0.05) is 17.6 Å². The fourth-order valence-corrected chi connectivity index (χ4v) is 2.70. The maximum Gasteiger partial charge on any atom is 0.338 e. The van der Waals surface area contributed by atoms with E-state index in [0.29, 0.717) is 12.1 Å². The molecule has 5 heteroatoms. The number of likely N-dealkylation sites (N-methyl/N-ethyl adjacent to an activating group) is 1. The first-order valence-electron chi connectivity index (χ1n) is 7.23. The molecule has 2 aromatic rings. The number of benzene rings is 2. The standard InChI is InChI=1S/C18H20BrNO2.ClH/c1-14(12-20(2)13-15-7-4-3-5-8-15)22-18(21)16-9-6-10-17(19)11-16;/h3-11,14H,12-13H2,1-2H3;1H/p-1. The third kappa shape index (κ3) is 6.73. The average molecular weight is 398 g/mol. The fourth-order valence-electron chi connectivity index (χ4n) is 2.30. The minimum Gasteiger partial charge on any atom is -1.00 e. The molecule has 0 heterocycles. The summed E-state index contributed by atoms with van der Waals surface area (Å²) in [5.74, 6) is -0.290. The van der Waals surface area contributed by atoms with Gasteiger partial charge < -0.3 is 17.1 Å². The van der Waals surface area contributed by atoms with Gasteiger partial charge in [-0.25, -0.2) is 4.79 Å². The van der Waals surface area contributed by atoms with Crippen molar-refractivity contribution in [3.05, 3.63) is 70.2 Å². The summed E-state index contributed by atoms with van der Waals surface area (Å²) in [7, 11) is 2.02. The summed E-state index contributed by atoms with van der Waals surface area (Å²) in [6.07, 6.45) is -0.166. The molecule has 0 radical (unpaired) electrons. The Balaban J connectivity index is 0.00000264. The third-order valence-corrected chi connectivity index (χ3v) is 3.73. The predicted octanol–water partition coefficient (Wildman–Crippen LogP) is 1.13. The largest absolute Gasteiger partial charge is 1.00 e. The Morgan fingerprint density at radius 2 is 1.87 bits per heavy atom. The maximum atomic E-state index is 12.1. The Kier molecular flexibility index (Phi) is 8.31. The van der Waals surface area contributed by atoms with Gasteiger partial charge in [0.1, 0.15) is 6.10 Å². The van der Waals surface area contributed by atoms with Crippen molar-refractivity contribution in [2.45, 2.75) is 19.6 Å². The fraction of sp³-hybridized carbons (Fsp3) is 0.278. The van der Waals surface area contributed by atoms with Crippen molar-refractivity contribution in [3.8, 4) is 0 Å². The Morgan fingerprint density at radius 3 is 2.52 bits per heavy atom. The molecule has 2 aromatic carbocycles. The second kappa shape index (κ2) is 9.71. The molecule has 0 aliphatic heterocycles. The summed E-state index contributed by atoms with van der Waals surface area (Å²) in [6.45, 7) is 3.44. The van der Waals surface area contributed by atoms with Crippen LogP contribution in [0, 0.1) is 0 Å². The second-order valence-corrected chi connectivity index (χ2v) is 6.32. The summed E-state index contributed by atoms with van der Waals surface area (Å²) in [5.41, 5.74) is 1.81. The lowest BCUT2D eigenvalue weighted by molar-refractivity contribution is -0.0000421. The molecule has 0 aliphatic rings. The van der Waals surface area contributed by atoms with E-state index in [-0.39, 0.29) is 24.5 Å². The monoisotopic (exact) mass is 396 g/mol. The highest BCUT2D eigenvalue weighted by Crippen LogP contribution is 2.13. The topological polar surface area (TPSA) is 29.5 Å². The first kappa shape index (κ1) is 19.7. The van der Waals surface area contributed by atoms with E-state index >= 15 is 0 Å². The molecule has 0 aromatic heterocycles. The van der Waals surface area contributed by atoms with E-state index in [2.05, 4.69) is 33.0 Å². The minimum atomic E-state index is -0.290. The van der Waals surface area contributed by atoms with Crippen molar-refractivity contribution in [1.82, 2.24) is 4.90 Å². The Labute approximate surface area is 152 Å². The van der Waals surface area contributed by atoms with Gasteiger partial charge >= 0.3 is 5.97 Å². The van der Waals surface area contributed by atoms with Gasteiger partial charge in [0.25, 0.3) is 0 Å². The number of esters is 1. The SMILES string of the molecule is CC(CN(C)Cc1ccccc1)OC(=O)c1cccc(Br)c1.[Cl-]. The van der Waals surface area contributed by atoms with E-state index in [1.54, 1.807) is 12.1 Å². The lowest BCUT2D eigenvalue weighted by Gasteiger charge is -2.21. The van der Waals surface area contributed by atoms with Crippen LogP contribution >= 0.6 is 15.9 Å². The molecule has 0 saturated heterocycles. The van der Waals surface area contributed by atoms with E-state index in [4.69, 9.17) is 4.74 Å². The number of ether oxygens (including phenoxy) is 1. The summed E-state index contributed by atoms with van der Waals surface area (Å²) < 4.78 is 6.37. The van der Waals surface area contributed by atoms with Crippen LogP contribution in [-0.4, -0.2) is 30.6 Å². The van der Waals surface area contributed by atoms with Crippen LogP contribution in [0.2, 0.25) is 0 Å². The highest BCUT2D eigenvalue weighted by molar-refractivity contribution is 9.10. The van der Waals surface area contributed by atoms with Gasteiger partial charge in [-0.1, -0.05) is 52.3 Å². The van der Waals surface area contributed by atoms with Crippen molar-refractivity contribution in [1.29, 1.82) is 0 Å². The van der Waals surface area contributed by atoms with E-state index in [1.165, 1.54) is 5.56 Å². The van der Waals surface area contributed by atoms with Crippen molar-refractivity contribution < 1.29 is 21.9 Å². The molecule has 0 amide bonds. The molecule has 0 bridgehead atoms. The van der Waals surface area contributed by atoms with Crippen LogP contribution in [0.3, 0.4) is 0 Å². The molecule has 0 spiro atoms. The summed E-state index contributed by atoms with van der Waals surface area (Å²) in [4.78, 5) is 14.2. The van der Waals surface area contributed by atoms with Crippen LogP contribution < -0.4 is 12.4 Å². The van der Waals surface area contributed by atoms with Gasteiger partial charge in [-0.15, -0.1) is 0 Å². The zero-order chi connectivity index (χ0) is 15.9. The van der Waals surface area contributed by atoms with Crippen molar-refractivity contribution in [2.75, 3.05) is 13.6 Å². The Morgan fingerprint density at radius 1 is 1.17 bits per heavy atom. The van der Waals surface area contributed by atoms with Crippen LogP contribution in [0.5, 0.6) is 0 Å². The molecule has 2 rings (SSSR count). The molecule has 0 aliphatic carbocycles. The highest BCUT2D eigenvalue weighted by Gasteiger charge is 2.14. The first-order valence-corrected chi connectivity index (χ1v) is 8.03. The van der Waals surface area contributed by atoms with Crippen LogP contribution in [0.1, 0.15) is 22.8 Å². The number of hydrogen-bond acceptors (Lipinski definition) is 3. The van der Waals surface area contributed by atoms with Crippen LogP contribution in [0.4, 0.5) is 0 Å². The van der Waals surface area contributed by atoms with Gasteiger partial charge in [-0.3, -0.25) is 4.90 Å². The molecule has 124 valence electrons. The zero-order valence-corrected chi connectivity index (χ0v) is 15.5. The summed E-state index contributed by atoms with van der Waals surface area (Å²) in [5, 5.41) is 0. The van der Waals surface area contributed by atoms with Gasteiger partial charge in [0.15, 0.2) is 0 Å². The van der Waals surface area contributed by atoms with Crippen LogP contribution in [0.15, 0.2) is 59.1 Å². The number of hydrogen-bond donors (Lipinski definition) is 0. The van der Waals surface area contributed by atoms with Crippen molar-refractivity contribution in [2.24, 2.45) is 0 Å². The molecular weight excluding hydrogens is 378 g/mol. The van der Waals surface area contributed by atoms with Crippen molar-refractivity contribution in [3.63, 3.8) is 0 Å². The molecule has 0 saturated carbocycles. The number of carbonyl (C=O) groups is 1. The molecule has 1 atom stereocenters. The smallest absolute Gasteiger partial charge is 0.338 e. The molecule has 3 nitrogen and oxygen atoms in total. The predicted molar refractivity (Wildman–Crippen MR) is 91.8 cm³/mol. The Bertz CT molecular complexity index is 621. The quantitative estimate of drug-likeness (QED) is 0.685. The highest BCUT2D eigenvalue weighted by atomic mass is 79.9. The van der Waals surface area contributed by atoms with E-state index in [0.717, 1.165) is 11.0 Å². The summed E-state index contributed by atoms with van der Waals surface area (Å²) >= 11 is 3.36. The molecule has 0 N–H and O–H groups in total. The molecule has 23 heavy (non-hydrogen) atoms. The normalized spacial score (nSPS) is 11.7. The van der Waals surface area contributed by atoms with Gasteiger partial charge in [-0.2, -0.15) is 0 Å². The number of rotatable bonds is 6. The van der Waals surface area contributed by atoms with Crippen molar-refractivity contribution >= 4 is 21.9 Å². The lowest BCUT2D eigenvalue weighted by atomic mass is 10.2. The van der Waals surface area contributed by atoms with Crippen LogP contribution in [-0.2, 0) is 11.3 Å². The van der Waals surface area contributed by atoms with Gasteiger partial charge in [0.05, 0.1) is 5.56 Å². The average Bonchev–Trinajstić information content (AvgIpc) is 2.47. The Hall–Kier alpha value is -1.36. The lowest BCUT2D eigenvalue weighted by Crippen LogP contribution is -3.00. The number of nitrogens with zero attached hydrogens (tertiary/aromatic N) is 1. The molecular formula is C18H20BrClNO2-. The molecule has 1 unspecified atom stereocenters. The van der Waals surface area contributed by atoms with Gasteiger partial charge in [-0.05, 0) is 37.7 Å². The van der Waals surface area contributed by atoms with E-state index < -0.39 is 0 Å². The minimum absolute atomic E-state index is 0. The summed E-state index contributed by atoms with van der Waals surface area (Å²) in [6, 6.07) is 17.5. The zero-order valence-electron chi connectivity index (χ0n) is 13.2. The maximum absolute atomic E-state index is 12.1. The molecule has 0 fully saturated rings. The van der Waals surface area contributed by atoms with E-state index in [1.807, 2.05) is 44.3 Å². The van der Waals surface area contributed by atoms with Crippen LogP contribution in [0.25, 0.3) is 0 Å². The number of carbonyl (C=O) groups excluding carboxylic acids is 1. The van der Waals surface area contributed by atoms with Gasteiger partial charge in [0.2, 0.25) is 0 Å². The first-order chi connectivity index (χ1) is 10.5.